The normalized spacial score (nSPS) is 12.2. The van der Waals surface area contributed by atoms with Crippen LogP contribution in [-0.2, 0) is 9.59 Å². The van der Waals surface area contributed by atoms with E-state index in [0.29, 0.717) is 6.42 Å². The van der Waals surface area contributed by atoms with E-state index in [4.69, 9.17) is 5.73 Å². The molecule has 0 radical (unpaired) electrons. The first-order chi connectivity index (χ1) is 5.74. The second-order valence-electron chi connectivity index (χ2n) is 2.66. The molecule has 1 unspecified atom stereocenters. The van der Waals surface area contributed by atoms with Gasteiger partial charge in [-0.15, -0.1) is 0 Å². The highest BCUT2D eigenvalue weighted by atomic mass is 16.2. The van der Waals surface area contributed by atoms with Gasteiger partial charge in [0.15, 0.2) is 0 Å². The summed E-state index contributed by atoms with van der Waals surface area (Å²) in [5.74, 6) is -0.275. The number of hydrogen-bond acceptors (Lipinski definition) is 3. The lowest BCUT2D eigenvalue weighted by molar-refractivity contribution is -0.122. The molecule has 0 spiro atoms. The molecule has 0 aliphatic rings. The van der Waals surface area contributed by atoms with Crippen molar-refractivity contribution < 1.29 is 9.59 Å². The third-order valence-electron chi connectivity index (χ3n) is 1.56. The van der Waals surface area contributed by atoms with Crippen LogP contribution in [0.15, 0.2) is 0 Å². The van der Waals surface area contributed by atoms with Gasteiger partial charge in [0.05, 0.1) is 12.6 Å². The minimum Gasteiger partial charge on any atom is -0.345 e. The molecule has 0 rings (SSSR count). The van der Waals surface area contributed by atoms with Crippen LogP contribution in [0.5, 0.6) is 0 Å². The number of hydrogen-bond donors (Lipinski definition) is 2. The predicted molar refractivity (Wildman–Crippen MR) is 46.6 cm³/mol. The summed E-state index contributed by atoms with van der Waals surface area (Å²) in [6.07, 6.45) is 3.41. The third-order valence-corrected chi connectivity index (χ3v) is 1.56. The number of aldehydes is 1. The van der Waals surface area contributed by atoms with Crippen molar-refractivity contribution in [3.05, 3.63) is 0 Å². The molecule has 0 bridgehead atoms. The van der Waals surface area contributed by atoms with Crippen LogP contribution in [0.3, 0.4) is 0 Å². The summed E-state index contributed by atoms with van der Waals surface area (Å²) in [6.45, 7) is 1.98. The fraction of sp³-hybridized carbons (Fsp3) is 0.750. The van der Waals surface area contributed by atoms with Gasteiger partial charge in [-0.1, -0.05) is 19.8 Å². The highest BCUT2D eigenvalue weighted by molar-refractivity contribution is 5.81. The largest absolute Gasteiger partial charge is 0.345 e. The van der Waals surface area contributed by atoms with Crippen LogP contribution in [0.2, 0.25) is 0 Å². The van der Waals surface area contributed by atoms with Gasteiger partial charge in [-0.05, 0) is 6.42 Å². The van der Waals surface area contributed by atoms with Crippen molar-refractivity contribution in [3.63, 3.8) is 0 Å². The number of nitrogens with one attached hydrogen (secondary N) is 1. The topological polar surface area (TPSA) is 72.2 Å². The molecule has 0 saturated carbocycles. The van der Waals surface area contributed by atoms with Gasteiger partial charge in [0.1, 0.15) is 6.29 Å². The Balaban J connectivity index is 3.66. The second-order valence-corrected chi connectivity index (χ2v) is 2.66. The van der Waals surface area contributed by atoms with E-state index in [1.807, 2.05) is 6.92 Å². The number of amides is 1. The van der Waals surface area contributed by atoms with Crippen molar-refractivity contribution in [2.45, 2.75) is 32.2 Å². The zero-order chi connectivity index (χ0) is 9.40. The molecule has 0 aliphatic heterocycles. The van der Waals surface area contributed by atoms with Gasteiger partial charge in [0.2, 0.25) is 5.91 Å². The average molecular weight is 172 g/mol. The maximum absolute atomic E-state index is 10.7. The average Bonchev–Trinajstić information content (AvgIpc) is 2.11. The minimum absolute atomic E-state index is 0.0591. The second kappa shape index (κ2) is 6.79. The van der Waals surface area contributed by atoms with Gasteiger partial charge in [0.25, 0.3) is 0 Å². The standard InChI is InChI=1S/C8H16N2O2/c1-2-3-4-7(6-11)10-8(12)5-9/h6-7H,2-5,9H2,1H3,(H,10,12). The van der Waals surface area contributed by atoms with E-state index in [9.17, 15) is 9.59 Å². The first-order valence-electron chi connectivity index (χ1n) is 4.19. The van der Waals surface area contributed by atoms with Crippen molar-refractivity contribution in [1.29, 1.82) is 0 Å². The van der Waals surface area contributed by atoms with E-state index in [2.05, 4.69) is 5.32 Å². The molecule has 0 saturated heterocycles. The Bertz CT molecular complexity index is 148. The van der Waals surface area contributed by atoms with Gasteiger partial charge in [-0.3, -0.25) is 4.79 Å². The zero-order valence-electron chi connectivity index (χ0n) is 7.38. The molecule has 0 aromatic heterocycles. The maximum Gasteiger partial charge on any atom is 0.234 e. The lowest BCUT2D eigenvalue weighted by Crippen LogP contribution is -2.39. The predicted octanol–water partition coefficient (Wildman–Crippen LogP) is -0.181. The highest BCUT2D eigenvalue weighted by Gasteiger charge is 2.08. The van der Waals surface area contributed by atoms with E-state index in [-0.39, 0.29) is 18.5 Å². The third kappa shape index (κ3) is 4.85. The van der Waals surface area contributed by atoms with Gasteiger partial charge >= 0.3 is 0 Å². The van der Waals surface area contributed by atoms with E-state index < -0.39 is 0 Å². The number of nitrogens with two attached hydrogens (primary N) is 1. The smallest absolute Gasteiger partial charge is 0.234 e. The van der Waals surface area contributed by atoms with Crippen molar-refractivity contribution in [1.82, 2.24) is 5.32 Å². The molecule has 0 fully saturated rings. The van der Waals surface area contributed by atoms with Gasteiger partial charge < -0.3 is 15.8 Å². The van der Waals surface area contributed by atoms with E-state index in [1.165, 1.54) is 0 Å². The quantitative estimate of drug-likeness (QED) is 0.546. The van der Waals surface area contributed by atoms with Crippen LogP contribution in [0.4, 0.5) is 0 Å². The Morgan fingerprint density at radius 1 is 1.67 bits per heavy atom. The summed E-state index contributed by atoms with van der Waals surface area (Å²) in [4.78, 5) is 21.2. The summed E-state index contributed by atoms with van der Waals surface area (Å²) in [6, 6.07) is -0.360. The number of carbonyl (C=O) groups is 2. The number of unbranched alkanes of at least 4 members (excludes halogenated alkanes) is 1. The molecule has 0 aromatic carbocycles. The SMILES string of the molecule is CCCCC(C=O)NC(=O)CN. The summed E-state index contributed by atoms with van der Waals surface area (Å²) in [7, 11) is 0. The molecule has 0 aliphatic carbocycles. The molecular weight excluding hydrogens is 156 g/mol. The van der Waals surface area contributed by atoms with Crippen LogP contribution < -0.4 is 11.1 Å². The van der Waals surface area contributed by atoms with Gasteiger partial charge in [-0.25, -0.2) is 0 Å². The van der Waals surface area contributed by atoms with Crippen LogP contribution in [0.25, 0.3) is 0 Å². The Kier molecular flexibility index (Phi) is 6.28. The summed E-state index contributed by atoms with van der Waals surface area (Å²) < 4.78 is 0. The summed E-state index contributed by atoms with van der Waals surface area (Å²) in [5.41, 5.74) is 5.08. The monoisotopic (exact) mass is 172 g/mol. The van der Waals surface area contributed by atoms with Crippen LogP contribution in [-0.4, -0.2) is 24.8 Å². The molecule has 12 heavy (non-hydrogen) atoms. The molecule has 1 amide bonds. The lowest BCUT2D eigenvalue weighted by atomic mass is 10.1. The Hall–Kier alpha value is -0.900. The van der Waals surface area contributed by atoms with E-state index in [1.54, 1.807) is 0 Å². The van der Waals surface area contributed by atoms with Gasteiger partial charge in [-0.2, -0.15) is 0 Å². The Morgan fingerprint density at radius 2 is 2.33 bits per heavy atom. The molecular formula is C8H16N2O2. The first-order valence-corrected chi connectivity index (χ1v) is 4.19. The highest BCUT2D eigenvalue weighted by Crippen LogP contribution is 1.97. The Labute approximate surface area is 72.5 Å². The van der Waals surface area contributed by atoms with Crippen molar-refractivity contribution >= 4 is 12.2 Å². The molecule has 1 atom stereocenters. The first kappa shape index (κ1) is 11.1. The molecule has 0 heterocycles. The Morgan fingerprint density at radius 3 is 2.75 bits per heavy atom. The fourth-order valence-corrected chi connectivity index (χ4v) is 0.864. The lowest BCUT2D eigenvalue weighted by Gasteiger charge is -2.10. The number of carbonyl (C=O) groups excluding carboxylic acids is 2. The van der Waals surface area contributed by atoms with Crippen LogP contribution >= 0.6 is 0 Å². The van der Waals surface area contributed by atoms with Gasteiger partial charge in [0, 0.05) is 0 Å². The fourth-order valence-electron chi connectivity index (χ4n) is 0.864. The minimum atomic E-state index is -0.360. The van der Waals surface area contributed by atoms with Crippen molar-refractivity contribution in [2.75, 3.05) is 6.54 Å². The summed E-state index contributed by atoms with van der Waals surface area (Å²) in [5, 5.41) is 2.52. The van der Waals surface area contributed by atoms with Crippen LogP contribution in [0.1, 0.15) is 26.2 Å². The van der Waals surface area contributed by atoms with E-state index in [0.717, 1.165) is 19.1 Å². The molecule has 3 N–H and O–H groups in total. The maximum atomic E-state index is 10.7. The molecule has 4 heteroatoms. The number of rotatable bonds is 6. The van der Waals surface area contributed by atoms with Crippen molar-refractivity contribution in [3.8, 4) is 0 Å². The molecule has 70 valence electrons. The van der Waals surface area contributed by atoms with Crippen molar-refractivity contribution in [2.24, 2.45) is 5.73 Å². The molecule has 0 aromatic rings. The van der Waals surface area contributed by atoms with E-state index >= 15 is 0 Å². The summed E-state index contributed by atoms with van der Waals surface area (Å²) >= 11 is 0. The van der Waals surface area contributed by atoms with Crippen LogP contribution in [0, 0.1) is 0 Å². The molecule has 4 nitrogen and oxygen atoms in total. The zero-order valence-corrected chi connectivity index (χ0v) is 7.38.